The number of likely N-dealkylation sites (N-methyl/N-ethyl adjacent to an activating group) is 1. The van der Waals surface area contributed by atoms with Gasteiger partial charge in [0.05, 0.1) is 37.1 Å². The lowest BCUT2D eigenvalue weighted by molar-refractivity contribution is -0.155. The number of aromatic nitrogens is 2. The maximum absolute atomic E-state index is 14.8. The minimum Gasteiger partial charge on any atom is -0.508 e. The molecule has 3 aliphatic heterocycles. The Morgan fingerprint density at radius 1 is 1.09 bits per heavy atom. The second kappa shape index (κ2) is 21.8. The molecule has 6 bridgehead atoms. The van der Waals surface area contributed by atoms with Gasteiger partial charge in [0.2, 0.25) is 11.8 Å². The maximum atomic E-state index is 14.8. The van der Waals surface area contributed by atoms with Crippen LogP contribution >= 0.6 is 0 Å². The van der Waals surface area contributed by atoms with Crippen molar-refractivity contribution in [3.8, 4) is 40.0 Å². The van der Waals surface area contributed by atoms with E-state index in [1.807, 2.05) is 58.0 Å². The second-order valence-corrected chi connectivity index (χ2v) is 20.6. The summed E-state index contributed by atoms with van der Waals surface area (Å²) in [7, 11) is 6.97. The van der Waals surface area contributed by atoms with Gasteiger partial charge in [-0.25, -0.2) is 5.43 Å². The number of esters is 1. The van der Waals surface area contributed by atoms with E-state index in [9.17, 15) is 29.1 Å². The average molecular weight is 959 g/mol. The van der Waals surface area contributed by atoms with Crippen LogP contribution in [-0.4, -0.2) is 143 Å². The number of hydrazine groups is 1. The van der Waals surface area contributed by atoms with Gasteiger partial charge in [-0.05, 0) is 124 Å². The number of aromatic hydroxyl groups is 1. The normalized spacial score (nSPS) is 21.0. The zero-order valence-electron chi connectivity index (χ0n) is 42.4. The number of amides is 4. The fourth-order valence-corrected chi connectivity index (χ4v) is 10.4. The van der Waals surface area contributed by atoms with Crippen LogP contribution in [0.3, 0.4) is 0 Å². The third-order valence-electron chi connectivity index (χ3n) is 13.7. The molecule has 70 heavy (non-hydrogen) atoms. The van der Waals surface area contributed by atoms with Crippen LogP contribution in [0.1, 0.15) is 77.6 Å². The summed E-state index contributed by atoms with van der Waals surface area (Å²) in [5, 5.41) is 16.8. The Morgan fingerprint density at radius 2 is 1.86 bits per heavy atom. The van der Waals surface area contributed by atoms with Crippen LogP contribution in [0.25, 0.3) is 33.3 Å². The first kappa shape index (κ1) is 51.6. The van der Waals surface area contributed by atoms with Crippen molar-refractivity contribution in [3.63, 3.8) is 0 Å². The number of pyridine rings is 1. The van der Waals surface area contributed by atoms with Crippen LogP contribution in [0.4, 0.5) is 0 Å². The number of aryl methyl sites for hydroxylation is 1. The number of cyclic esters (lactones) is 1. The van der Waals surface area contributed by atoms with Crippen molar-refractivity contribution in [2.45, 2.75) is 111 Å². The van der Waals surface area contributed by atoms with Gasteiger partial charge in [0, 0.05) is 74.3 Å². The third kappa shape index (κ3) is 11.3. The molecule has 2 fully saturated rings. The molecule has 1 unspecified atom stereocenters. The van der Waals surface area contributed by atoms with Crippen molar-refractivity contribution in [2.75, 3.05) is 54.5 Å². The molecule has 0 aliphatic carbocycles. The number of benzene rings is 2. The maximum Gasteiger partial charge on any atom is 0.324 e. The summed E-state index contributed by atoms with van der Waals surface area (Å²) >= 11 is 0. The standard InChI is InChI=1S/C54H70N8O8/c1-11-60-46-19-18-36-28-41(46)42(49(60)40-15-12-20-55-45(40)31-69-10)29-54(5,6)32-70-53(68)43-16-13-22-62(57-43)52(67)44(26-35-24-37(36)27-39(63)25-35)56-50(65)48(33(2)3)59(9)51(66)38-23-34(4)61(30-38)47(64)17-14-21-58(7)8/h12,15,18-20,24-25,27-28,33-34,38,43-44,48,57,63H,11,13,16,21-23,26,29-32H2,1-10H3,(H,56,65)/t34-,38+,43+,44+,48?/m1/s1. The number of rotatable bonds is 10. The van der Waals surface area contributed by atoms with Gasteiger partial charge in [0.15, 0.2) is 0 Å². The SMILES string of the molecule is CCn1c(-c2cccnc2COC)c2c3cc(ccc31)-c1cc(O)cc(c1)C[C@H](NC(=O)C(C(C)C)N(C)C(=O)[C@H]1C[C@@H](C)N(C(=O)C#CCN(C)C)C1)C(=O)N1CCC[C@H](N1)C(=O)OCC(C)(C)C2. The van der Waals surface area contributed by atoms with E-state index < -0.39 is 47.2 Å². The summed E-state index contributed by atoms with van der Waals surface area (Å²) in [6.07, 6.45) is 3.64. The van der Waals surface area contributed by atoms with E-state index in [1.54, 1.807) is 37.4 Å². The minimum atomic E-state index is -1.18. The predicted molar refractivity (Wildman–Crippen MR) is 268 cm³/mol. The van der Waals surface area contributed by atoms with Crippen molar-refractivity contribution in [1.29, 1.82) is 0 Å². The molecule has 16 nitrogen and oxygen atoms in total. The van der Waals surface area contributed by atoms with E-state index in [-0.39, 0.29) is 55.6 Å². The first-order valence-corrected chi connectivity index (χ1v) is 24.5. The molecular formula is C54H70N8O8. The quantitative estimate of drug-likeness (QED) is 0.141. The molecule has 3 aliphatic rings. The minimum absolute atomic E-state index is 0.0152. The summed E-state index contributed by atoms with van der Waals surface area (Å²) in [6, 6.07) is 12.2. The van der Waals surface area contributed by atoms with Gasteiger partial charge in [0.25, 0.3) is 11.8 Å². The van der Waals surface area contributed by atoms with Crippen LogP contribution in [0.5, 0.6) is 5.75 Å². The molecule has 2 aromatic carbocycles. The van der Waals surface area contributed by atoms with Crippen molar-refractivity contribution < 1.29 is 38.6 Å². The number of phenolic OH excluding ortho intramolecular Hbond substituents is 1. The van der Waals surface area contributed by atoms with Crippen LogP contribution in [-0.2, 0) is 59.4 Å². The molecule has 4 aromatic rings. The second-order valence-electron chi connectivity index (χ2n) is 20.6. The topological polar surface area (TPSA) is 179 Å². The van der Waals surface area contributed by atoms with Crippen LogP contribution < -0.4 is 10.7 Å². The van der Waals surface area contributed by atoms with E-state index in [4.69, 9.17) is 14.5 Å². The van der Waals surface area contributed by atoms with Gasteiger partial charge < -0.3 is 34.3 Å². The van der Waals surface area contributed by atoms with Crippen molar-refractivity contribution in [3.05, 3.63) is 71.5 Å². The first-order valence-electron chi connectivity index (χ1n) is 24.5. The average Bonchev–Trinajstić information content (AvgIpc) is 3.86. The molecule has 0 saturated carbocycles. The van der Waals surface area contributed by atoms with Gasteiger partial charge in [-0.2, -0.15) is 0 Å². The van der Waals surface area contributed by atoms with Gasteiger partial charge in [-0.3, -0.25) is 38.9 Å². The molecule has 3 N–H and O–H groups in total. The zero-order chi connectivity index (χ0) is 50.6. The van der Waals surface area contributed by atoms with E-state index >= 15 is 0 Å². The highest BCUT2D eigenvalue weighted by Crippen LogP contribution is 2.41. The third-order valence-corrected chi connectivity index (χ3v) is 13.7. The Bertz CT molecular complexity index is 2680. The summed E-state index contributed by atoms with van der Waals surface area (Å²) in [6.45, 7) is 13.8. The summed E-state index contributed by atoms with van der Waals surface area (Å²) in [5.74, 6) is 2.50. The Morgan fingerprint density at radius 3 is 2.57 bits per heavy atom. The number of ether oxygens (including phenoxy) is 2. The van der Waals surface area contributed by atoms with E-state index in [0.717, 1.165) is 39.0 Å². The number of carbonyl (C=O) groups is 5. The summed E-state index contributed by atoms with van der Waals surface area (Å²) in [4.78, 5) is 80.4. The number of likely N-dealkylation sites (tertiary alicyclic amines) is 1. The molecule has 4 amide bonds. The van der Waals surface area contributed by atoms with Crippen LogP contribution in [0.15, 0.2) is 54.7 Å². The number of hydrogen-bond acceptors (Lipinski definition) is 11. The Hall–Kier alpha value is -6.28. The lowest BCUT2D eigenvalue weighted by Gasteiger charge is -2.37. The molecule has 374 valence electrons. The zero-order valence-corrected chi connectivity index (χ0v) is 42.4. The van der Waals surface area contributed by atoms with E-state index in [2.05, 4.69) is 66.1 Å². The molecule has 7 rings (SSSR count). The van der Waals surface area contributed by atoms with Crippen molar-refractivity contribution >= 4 is 40.5 Å². The highest BCUT2D eigenvalue weighted by atomic mass is 16.5. The fourth-order valence-electron chi connectivity index (χ4n) is 10.4. The lowest BCUT2D eigenvalue weighted by Crippen LogP contribution is -2.62. The number of nitrogens with one attached hydrogen (secondary N) is 2. The molecule has 0 spiro atoms. The fraction of sp³-hybridized carbons (Fsp3) is 0.519. The number of fused-ring (bicyclic) bond motifs is 6. The number of nitrogens with zero attached hydrogens (tertiary/aromatic N) is 6. The largest absolute Gasteiger partial charge is 0.508 e. The van der Waals surface area contributed by atoms with Crippen LogP contribution in [0, 0.1) is 29.1 Å². The van der Waals surface area contributed by atoms with Gasteiger partial charge in [-0.1, -0.05) is 45.7 Å². The Balaban J connectivity index is 1.26. The molecule has 5 atom stereocenters. The van der Waals surface area contributed by atoms with Crippen molar-refractivity contribution in [1.82, 2.24) is 40.0 Å². The molecule has 0 radical (unpaired) electrons. The molecule has 2 aromatic heterocycles. The molecule has 2 saturated heterocycles. The van der Waals surface area contributed by atoms with Gasteiger partial charge in [0.1, 0.15) is 23.9 Å². The summed E-state index contributed by atoms with van der Waals surface area (Å²) < 4.78 is 14.0. The monoisotopic (exact) mass is 959 g/mol. The van der Waals surface area contributed by atoms with Crippen molar-refractivity contribution in [2.24, 2.45) is 17.3 Å². The lowest BCUT2D eigenvalue weighted by atomic mass is 9.84. The van der Waals surface area contributed by atoms with E-state index in [1.165, 1.54) is 9.91 Å². The predicted octanol–water partition coefficient (Wildman–Crippen LogP) is 5.18. The highest BCUT2D eigenvalue weighted by Gasteiger charge is 2.42. The number of hydrogen-bond donors (Lipinski definition) is 3. The van der Waals surface area contributed by atoms with Crippen LogP contribution in [0.2, 0.25) is 0 Å². The molecule has 5 heterocycles. The smallest absolute Gasteiger partial charge is 0.324 e. The highest BCUT2D eigenvalue weighted by molar-refractivity contribution is 5.97. The molecule has 16 heteroatoms. The van der Waals surface area contributed by atoms with Gasteiger partial charge in [-0.15, -0.1) is 0 Å². The first-order chi connectivity index (χ1) is 33.3. The Kier molecular flexibility index (Phi) is 16.0. The molecular weight excluding hydrogens is 889 g/mol. The number of carbonyl (C=O) groups excluding carboxylic acids is 5. The number of phenols is 1. The Labute approximate surface area is 412 Å². The summed E-state index contributed by atoms with van der Waals surface area (Å²) in [5.41, 5.74) is 9.52. The number of methoxy groups -OCH3 is 1. The van der Waals surface area contributed by atoms with E-state index in [0.29, 0.717) is 56.5 Å². The van der Waals surface area contributed by atoms with Gasteiger partial charge >= 0.3 is 5.97 Å².